The van der Waals surface area contributed by atoms with Crippen molar-refractivity contribution in [1.82, 2.24) is 4.90 Å². The van der Waals surface area contributed by atoms with Gasteiger partial charge >= 0.3 is 0 Å². The molecule has 0 aliphatic carbocycles. The molecule has 4 rings (SSSR count). The minimum Gasteiger partial charge on any atom is -0.459 e. The molecule has 0 radical (unpaired) electrons. The number of furan rings is 1. The molecule has 3 heterocycles. The van der Waals surface area contributed by atoms with E-state index in [0.29, 0.717) is 44.2 Å². The van der Waals surface area contributed by atoms with Gasteiger partial charge in [0, 0.05) is 0 Å². The summed E-state index contributed by atoms with van der Waals surface area (Å²) in [6.45, 7) is 2.83. The predicted octanol–water partition coefficient (Wildman–Crippen LogP) is -0.394. The van der Waals surface area contributed by atoms with Crippen LogP contribution in [0.3, 0.4) is 0 Å². The zero-order valence-electron chi connectivity index (χ0n) is 14.8. The van der Waals surface area contributed by atoms with E-state index < -0.39 is 0 Å². The number of quaternary nitrogens is 1. The first kappa shape index (κ1) is 17.3. The van der Waals surface area contributed by atoms with Crippen LogP contribution in [0, 0.1) is 0 Å². The number of carbonyl (C=O) groups excluding carboxylic acids is 3. The summed E-state index contributed by atoms with van der Waals surface area (Å²) in [5.41, 5.74) is 1.39. The Balaban J connectivity index is 1.36. The maximum Gasteiger partial charge on any atom is 0.289 e. The van der Waals surface area contributed by atoms with Gasteiger partial charge in [0.05, 0.1) is 43.8 Å². The van der Waals surface area contributed by atoms with Crippen molar-refractivity contribution in [1.29, 1.82) is 0 Å². The molecule has 1 aromatic carbocycles. The molecule has 2 aromatic rings. The van der Waals surface area contributed by atoms with Gasteiger partial charge in [0.2, 0.25) is 5.91 Å². The summed E-state index contributed by atoms with van der Waals surface area (Å²) < 4.78 is 5.17. The van der Waals surface area contributed by atoms with E-state index >= 15 is 0 Å². The van der Waals surface area contributed by atoms with E-state index in [1.54, 1.807) is 28.0 Å². The third kappa shape index (κ3) is 3.56. The van der Waals surface area contributed by atoms with Gasteiger partial charge in [0.25, 0.3) is 11.8 Å². The molecule has 1 saturated heterocycles. The number of amides is 3. The van der Waals surface area contributed by atoms with Crippen LogP contribution < -0.4 is 15.1 Å². The molecular formula is C19H21N4O4+. The Kier molecular flexibility index (Phi) is 4.64. The van der Waals surface area contributed by atoms with Crippen molar-refractivity contribution in [2.75, 3.05) is 49.5 Å². The van der Waals surface area contributed by atoms with Crippen molar-refractivity contribution in [3.05, 3.63) is 48.4 Å². The van der Waals surface area contributed by atoms with E-state index in [1.165, 1.54) is 6.26 Å². The van der Waals surface area contributed by atoms with Gasteiger partial charge in [-0.05, 0) is 24.3 Å². The van der Waals surface area contributed by atoms with Crippen LogP contribution in [0.25, 0.3) is 0 Å². The molecule has 0 spiro atoms. The maximum atomic E-state index is 12.8. The van der Waals surface area contributed by atoms with Gasteiger partial charge < -0.3 is 19.5 Å². The fraction of sp³-hybridized carbons (Fsp3) is 0.316. The third-order valence-electron chi connectivity index (χ3n) is 4.96. The van der Waals surface area contributed by atoms with E-state index in [1.807, 2.05) is 18.2 Å². The summed E-state index contributed by atoms with van der Waals surface area (Å²) in [6.07, 6.45) is 1.49. The van der Waals surface area contributed by atoms with Crippen molar-refractivity contribution >= 4 is 29.1 Å². The minimum absolute atomic E-state index is 0.0340. The van der Waals surface area contributed by atoms with Gasteiger partial charge in [-0.3, -0.25) is 19.3 Å². The monoisotopic (exact) mass is 369 g/mol. The van der Waals surface area contributed by atoms with Gasteiger partial charge in [-0.25, -0.2) is 0 Å². The molecule has 0 bridgehead atoms. The minimum atomic E-state index is -0.189. The Morgan fingerprint density at radius 1 is 1.11 bits per heavy atom. The maximum absolute atomic E-state index is 12.8. The zero-order chi connectivity index (χ0) is 18.8. The van der Waals surface area contributed by atoms with Crippen molar-refractivity contribution in [3.8, 4) is 0 Å². The number of rotatable bonds is 3. The van der Waals surface area contributed by atoms with Crippen molar-refractivity contribution in [3.63, 3.8) is 0 Å². The highest BCUT2D eigenvalue weighted by molar-refractivity contribution is 6.10. The fourth-order valence-corrected chi connectivity index (χ4v) is 3.52. The van der Waals surface area contributed by atoms with Gasteiger partial charge in [0.15, 0.2) is 12.3 Å². The van der Waals surface area contributed by atoms with E-state index in [9.17, 15) is 14.4 Å². The number of hydrogen-bond donors (Lipinski definition) is 2. The Hall–Kier alpha value is -3.13. The predicted molar refractivity (Wildman–Crippen MR) is 97.6 cm³/mol. The highest BCUT2D eigenvalue weighted by atomic mass is 16.3. The summed E-state index contributed by atoms with van der Waals surface area (Å²) in [5.74, 6) is -0.0542. The molecule has 140 valence electrons. The molecule has 1 fully saturated rings. The molecule has 8 heteroatoms. The normalized spacial score (nSPS) is 17.4. The van der Waals surface area contributed by atoms with E-state index in [-0.39, 0.29) is 24.3 Å². The molecule has 1 aromatic heterocycles. The number of nitrogens with one attached hydrogen (secondary N) is 2. The molecule has 2 aliphatic rings. The van der Waals surface area contributed by atoms with Gasteiger partial charge in [-0.2, -0.15) is 0 Å². The summed E-state index contributed by atoms with van der Waals surface area (Å²) in [6, 6.07) is 10.7. The number of benzene rings is 1. The average molecular weight is 369 g/mol. The third-order valence-corrected chi connectivity index (χ3v) is 4.96. The van der Waals surface area contributed by atoms with E-state index in [4.69, 9.17) is 4.42 Å². The van der Waals surface area contributed by atoms with Crippen LogP contribution >= 0.6 is 0 Å². The van der Waals surface area contributed by atoms with Crippen LogP contribution in [-0.2, 0) is 9.59 Å². The number of anilines is 2. The molecular weight excluding hydrogens is 348 g/mol. The van der Waals surface area contributed by atoms with E-state index in [0.717, 1.165) is 10.6 Å². The molecule has 0 atom stereocenters. The Labute approximate surface area is 156 Å². The lowest BCUT2D eigenvalue weighted by Crippen LogP contribution is -3.16. The lowest BCUT2D eigenvalue weighted by Gasteiger charge is -2.34. The topological polar surface area (TPSA) is 87.3 Å². The van der Waals surface area contributed by atoms with Crippen LogP contribution in [-0.4, -0.2) is 61.9 Å². The second-order valence-electron chi connectivity index (χ2n) is 6.74. The number of para-hydroxylation sites is 2. The van der Waals surface area contributed by atoms with Gasteiger partial charge in [-0.15, -0.1) is 0 Å². The largest absolute Gasteiger partial charge is 0.459 e. The smallest absolute Gasteiger partial charge is 0.289 e. The van der Waals surface area contributed by atoms with Crippen molar-refractivity contribution in [2.45, 2.75) is 0 Å². The summed E-state index contributed by atoms with van der Waals surface area (Å²) in [5, 5.41) is 2.79. The average Bonchev–Trinajstić information content (AvgIpc) is 3.22. The number of hydrogen-bond acceptors (Lipinski definition) is 4. The van der Waals surface area contributed by atoms with Crippen LogP contribution in [0.2, 0.25) is 0 Å². The number of piperazine rings is 1. The van der Waals surface area contributed by atoms with Crippen LogP contribution in [0.4, 0.5) is 11.4 Å². The molecule has 0 unspecified atom stereocenters. The molecule has 3 amide bonds. The van der Waals surface area contributed by atoms with Crippen LogP contribution in [0.15, 0.2) is 47.1 Å². The van der Waals surface area contributed by atoms with Crippen LogP contribution in [0.5, 0.6) is 0 Å². The number of carbonyl (C=O) groups is 3. The summed E-state index contributed by atoms with van der Waals surface area (Å²) in [7, 11) is 0. The first-order chi connectivity index (χ1) is 13.1. The Bertz CT molecular complexity index is 856. The lowest BCUT2D eigenvalue weighted by molar-refractivity contribution is -0.895. The van der Waals surface area contributed by atoms with Gasteiger partial charge in [-0.1, -0.05) is 12.1 Å². The fourth-order valence-electron chi connectivity index (χ4n) is 3.52. The molecule has 8 nitrogen and oxygen atoms in total. The zero-order valence-corrected chi connectivity index (χ0v) is 14.8. The second-order valence-corrected chi connectivity index (χ2v) is 6.74. The number of nitrogens with zero attached hydrogens (tertiary/aromatic N) is 2. The molecule has 2 N–H and O–H groups in total. The van der Waals surface area contributed by atoms with Crippen molar-refractivity contribution < 1.29 is 23.7 Å². The quantitative estimate of drug-likeness (QED) is 0.771. The van der Waals surface area contributed by atoms with Crippen molar-refractivity contribution in [2.24, 2.45) is 0 Å². The molecule has 2 aliphatic heterocycles. The Morgan fingerprint density at radius 3 is 2.63 bits per heavy atom. The number of fused-ring (bicyclic) bond motifs is 1. The highest BCUT2D eigenvalue weighted by Crippen LogP contribution is 2.28. The first-order valence-electron chi connectivity index (χ1n) is 8.97. The van der Waals surface area contributed by atoms with Gasteiger partial charge in [0.1, 0.15) is 6.54 Å². The Morgan fingerprint density at radius 2 is 1.89 bits per heavy atom. The lowest BCUT2D eigenvalue weighted by atomic mass is 10.2. The molecule has 27 heavy (non-hydrogen) atoms. The van der Waals surface area contributed by atoms with E-state index in [2.05, 4.69) is 5.32 Å². The first-order valence-corrected chi connectivity index (χ1v) is 8.97. The second kappa shape index (κ2) is 7.24. The SMILES string of the molecule is O=C1CN(C(=O)C[NH+]2CCN(C(=O)c3ccco3)CC2)c2ccccc2N1. The summed E-state index contributed by atoms with van der Waals surface area (Å²) >= 11 is 0. The summed E-state index contributed by atoms with van der Waals surface area (Å²) in [4.78, 5) is 41.4. The van der Waals surface area contributed by atoms with Crippen LogP contribution in [0.1, 0.15) is 10.6 Å². The highest BCUT2D eigenvalue weighted by Gasteiger charge is 2.31. The molecule has 0 saturated carbocycles. The standard InChI is InChI=1S/C19H20N4O4/c24-17-12-23(15-5-2-1-4-14(15)20-17)18(25)13-21-7-9-22(10-8-21)19(26)16-6-3-11-27-16/h1-6,11H,7-10,12-13H2,(H,20,24)/p+1.